The average molecular weight is 397 g/mol. The third-order valence-corrected chi connectivity index (χ3v) is 5.52. The molecule has 1 atom stereocenters. The lowest BCUT2D eigenvalue weighted by Gasteiger charge is -2.35. The molecule has 2 N–H and O–H groups in total. The number of nitrogens with zero attached hydrogens (tertiary/aromatic N) is 1. The lowest BCUT2D eigenvalue weighted by Crippen LogP contribution is -2.57. The van der Waals surface area contributed by atoms with Crippen LogP contribution in [0.15, 0.2) is 23.1 Å². The molecule has 1 aliphatic heterocycles. The molecule has 0 aromatic heterocycles. The van der Waals surface area contributed by atoms with E-state index in [1.165, 1.54) is 37.3 Å². The van der Waals surface area contributed by atoms with Crippen LogP contribution in [-0.4, -0.2) is 72.5 Å². The minimum Gasteiger partial charge on any atom is -0.493 e. The molecule has 7 nitrogen and oxygen atoms in total. The van der Waals surface area contributed by atoms with Gasteiger partial charge in [0.15, 0.2) is 11.5 Å². The number of rotatable bonds is 7. The number of ether oxygens (including phenoxy) is 2. The van der Waals surface area contributed by atoms with Crippen LogP contribution >= 0.6 is 0 Å². The minimum absolute atomic E-state index is 0.171. The summed E-state index contributed by atoms with van der Waals surface area (Å²) in [7, 11) is -1.41. The van der Waals surface area contributed by atoms with E-state index in [4.69, 9.17) is 9.47 Å². The van der Waals surface area contributed by atoms with Gasteiger partial charge in [0, 0.05) is 38.8 Å². The fourth-order valence-electron chi connectivity index (χ4n) is 2.70. The molecule has 148 valence electrons. The first-order valence-electron chi connectivity index (χ1n) is 7.92. The van der Waals surface area contributed by atoms with Gasteiger partial charge in [-0.15, -0.1) is 0 Å². The SMILES string of the molecule is COc1ccc(S(=O)(=O)NCC(N2CCNCC2)C(F)(F)F)cc1OC. The molecule has 1 fully saturated rings. The third kappa shape index (κ3) is 5.00. The fraction of sp³-hybridized carbons (Fsp3) is 0.600. The van der Waals surface area contributed by atoms with Crippen molar-refractivity contribution in [3.63, 3.8) is 0 Å². The zero-order valence-corrected chi connectivity index (χ0v) is 15.3. The summed E-state index contributed by atoms with van der Waals surface area (Å²) in [6.07, 6.45) is -4.54. The van der Waals surface area contributed by atoms with Crippen molar-refractivity contribution in [3.8, 4) is 11.5 Å². The lowest BCUT2D eigenvalue weighted by molar-refractivity contribution is -0.182. The van der Waals surface area contributed by atoms with Crippen molar-refractivity contribution in [2.45, 2.75) is 17.1 Å². The second-order valence-electron chi connectivity index (χ2n) is 5.71. The van der Waals surface area contributed by atoms with Gasteiger partial charge in [0.2, 0.25) is 10.0 Å². The quantitative estimate of drug-likeness (QED) is 0.709. The molecule has 1 heterocycles. The van der Waals surface area contributed by atoms with Crippen molar-refractivity contribution in [2.24, 2.45) is 0 Å². The molecular formula is C15H22F3N3O4S. The number of piperazine rings is 1. The van der Waals surface area contributed by atoms with E-state index < -0.39 is 28.8 Å². The zero-order chi connectivity index (χ0) is 19.4. The molecule has 0 amide bonds. The molecule has 1 unspecified atom stereocenters. The molecule has 0 spiro atoms. The number of hydrogen-bond acceptors (Lipinski definition) is 6. The van der Waals surface area contributed by atoms with Gasteiger partial charge in [-0.25, -0.2) is 13.1 Å². The Hall–Kier alpha value is -1.56. The number of sulfonamides is 1. The van der Waals surface area contributed by atoms with Crippen molar-refractivity contribution in [1.29, 1.82) is 0 Å². The summed E-state index contributed by atoms with van der Waals surface area (Å²) in [4.78, 5) is 1.03. The van der Waals surface area contributed by atoms with Crippen LogP contribution in [0.2, 0.25) is 0 Å². The molecule has 0 aliphatic carbocycles. The summed E-state index contributed by atoms with van der Waals surface area (Å²) in [5.41, 5.74) is 0. The maximum absolute atomic E-state index is 13.4. The van der Waals surface area contributed by atoms with Crippen LogP contribution in [0.25, 0.3) is 0 Å². The van der Waals surface area contributed by atoms with Crippen LogP contribution in [0, 0.1) is 0 Å². The Morgan fingerprint density at radius 3 is 2.35 bits per heavy atom. The summed E-state index contributed by atoms with van der Waals surface area (Å²) in [5, 5.41) is 2.97. The largest absolute Gasteiger partial charge is 0.493 e. The van der Waals surface area contributed by atoms with Gasteiger partial charge in [-0.3, -0.25) is 4.90 Å². The summed E-state index contributed by atoms with van der Waals surface area (Å²) in [6.45, 7) is 0.481. The number of benzene rings is 1. The van der Waals surface area contributed by atoms with Crippen molar-refractivity contribution >= 4 is 10.0 Å². The highest BCUT2D eigenvalue weighted by Gasteiger charge is 2.44. The van der Waals surface area contributed by atoms with Crippen molar-refractivity contribution in [1.82, 2.24) is 14.9 Å². The number of alkyl halides is 3. The molecule has 1 aromatic rings. The Balaban J connectivity index is 2.16. The monoisotopic (exact) mass is 397 g/mol. The number of methoxy groups -OCH3 is 2. The average Bonchev–Trinajstić information content (AvgIpc) is 2.60. The molecule has 11 heteroatoms. The van der Waals surface area contributed by atoms with Crippen LogP contribution in [0.5, 0.6) is 11.5 Å². The molecule has 0 saturated carbocycles. The van der Waals surface area contributed by atoms with Crippen molar-refractivity contribution < 1.29 is 31.1 Å². The highest BCUT2D eigenvalue weighted by Crippen LogP contribution is 2.30. The second kappa shape index (κ2) is 8.42. The van der Waals surface area contributed by atoms with Gasteiger partial charge < -0.3 is 14.8 Å². The lowest BCUT2D eigenvalue weighted by atomic mass is 10.2. The Kier molecular flexibility index (Phi) is 6.72. The van der Waals surface area contributed by atoms with Crippen LogP contribution in [0.3, 0.4) is 0 Å². The number of halogens is 3. The predicted molar refractivity (Wildman–Crippen MR) is 89.0 cm³/mol. The number of hydrogen-bond donors (Lipinski definition) is 2. The van der Waals surface area contributed by atoms with E-state index in [0.717, 1.165) is 0 Å². The van der Waals surface area contributed by atoms with Gasteiger partial charge in [0.25, 0.3) is 0 Å². The normalized spacial score (nSPS) is 17.7. The molecule has 1 saturated heterocycles. The summed E-state index contributed by atoms with van der Waals surface area (Å²) >= 11 is 0. The molecule has 26 heavy (non-hydrogen) atoms. The van der Waals surface area contributed by atoms with Crippen LogP contribution < -0.4 is 19.5 Å². The van der Waals surface area contributed by atoms with Crippen molar-refractivity contribution in [2.75, 3.05) is 46.9 Å². The highest BCUT2D eigenvalue weighted by atomic mass is 32.2. The first-order chi connectivity index (χ1) is 12.2. The maximum atomic E-state index is 13.4. The van der Waals surface area contributed by atoms with E-state index in [2.05, 4.69) is 10.0 Å². The third-order valence-electron chi connectivity index (χ3n) is 4.10. The topological polar surface area (TPSA) is 79.9 Å². The molecule has 2 rings (SSSR count). The van der Waals surface area contributed by atoms with E-state index in [-0.39, 0.29) is 23.7 Å². The smallest absolute Gasteiger partial charge is 0.405 e. The van der Waals surface area contributed by atoms with Gasteiger partial charge in [-0.05, 0) is 12.1 Å². The Bertz CT molecular complexity index is 707. The van der Waals surface area contributed by atoms with E-state index in [9.17, 15) is 21.6 Å². The summed E-state index contributed by atoms with van der Waals surface area (Å²) in [6, 6.07) is 1.94. The number of nitrogens with one attached hydrogen (secondary N) is 2. The molecule has 1 aromatic carbocycles. The Morgan fingerprint density at radius 1 is 1.19 bits per heavy atom. The summed E-state index contributed by atoms with van der Waals surface area (Å²) < 4.78 is 77.0. The minimum atomic E-state index is -4.54. The second-order valence-corrected chi connectivity index (χ2v) is 7.48. The van der Waals surface area contributed by atoms with Gasteiger partial charge in [0.1, 0.15) is 6.04 Å². The first kappa shape index (κ1) is 20.7. The molecular weight excluding hydrogens is 375 g/mol. The zero-order valence-electron chi connectivity index (χ0n) is 14.5. The summed E-state index contributed by atoms with van der Waals surface area (Å²) in [5.74, 6) is 0.491. The standard InChI is InChI=1S/C15H22F3N3O4S/c1-24-12-4-3-11(9-13(12)25-2)26(22,23)20-10-14(15(16,17)18)21-7-5-19-6-8-21/h3-4,9,14,19-20H,5-8,10H2,1-2H3. The fourth-order valence-corrected chi connectivity index (χ4v) is 3.75. The van der Waals surface area contributed by atoms with Crippen LogP contribution in [0.1, 0.15) is 0 Å². The van der Waals surface area contributed by atoms with Gasteiger partial charge >= 0.3 is 6.18 Å². The molecule has 1 aliphatic rings. The van der Waals surface area contributed by atoms with E-state index >= 15 is 0 Å². The van der Waals surface area contributed by atoms with Gasteiger partial charge in [0.05, 0.1) is 19.1 Å². The molecule has 0 bridgehead atoms. The van der Waals surface area contributed by atoms with E-state index in [1.807, 2.05) is 0 Å². The molecule has 0 radical (unpaired) electrons. The van der Waals surface area contributed by atoms with E-state index in [1.54, 1.807) is 0 Å². The van der Waals surface area contributed by atoms with Crippen molar-refractivity contribution in [3.05, 3.63) is 18.2 Å². The van der Waals surface area contributed by atoms with E-state index in [0.29, 0.717) is 18.8 Å². The Labute approximate surface area is 150 Å². The van der Waals surface area contributed by atoms with Gasteiger partial charge in [-0.1, -0.05) is 0 Å². The first-order valence-corrected chi connectivity index (χ1v) is 9.40. The maximum Gasteiger partial charge on any atom is 0.405 e. The van der Waals surface area contributed by atoms with Crippen LogP contribution in [0.4, 0.5) is 13.2 Å². The highest BCUT2D eigenvalue weighted by molar-refractivity contribution is 7.89. The van der Waals surface area contributed by atoms with Gasteiger partial charge in [-0.2, -0.15) is 13.2 Å². The Morgan fingerprint density at radius 2 is 1.81 bits per heavy atom. The predicted octanol–water partition coefficient (Wildman–Crippen LogP) is 0.818. The van der Waals surface area contributed by atoms with Crippen LogP contribution in [-0.2, 0) is 10.0 Å².